The van der Waals surface area contributed by atoms with Gasteiger partial charge >= 0.3 is 6.09 Å². The Bertz CT molecular complexity index is 434. The summed E-state index contributed by atoms with van der Waals surface area (Å²) in [7, 11) is 0. The minimum Gasteiger partial charge on any atom is -0.444 e. The van der Waals surface area contributed by atoms with E-state index in [0.29, 0.717) is 12.7 Å². The molecule has 2 saturated heterocycles. The van der Waals surface area contributed by atoms with Gasteiger partial charge in [-0.1, -0.05) is 30.3 Å². The molecule has 0 spiro atoms. The molecular formula is C15H19NO3. The second-order valence-electron chi connectivity index (χ2n) is 5.17. The maximum Gasteiger partial charge on any atom is 0.412 e. The SMILES string of the molecule is O=C(OCc1ccccc1)N1CC[C@@H]2CCC[C@H]1O2. The van der Waals surface area contributed by atoms with Crippen LogP contribution in [0.4, 0.5) is 4.79 Å². The van der Waals surface area contributed by atoms with E-state index >= 15 is 0 Å². The number of carbonyl (C=O) groups is 1. The molecule has 102 valence electrons. The van der Waals surface area contributed by atoms with E-state index in [0.717, 1.165) is 37.8 Å². The van der Waals surface area contributed by atoms with Crippen LogP contribution in [-0.4, -0.2) is 29.9 Å². The Balaban J connectivity index is 1.55. The lowest BCUT2D eigenvalue weighted by Crippen LogP contribution is -2.51. The average molecular weight is 261 g/mol. The topological polar surface area (TPSA) is 38.8 Å². The standard InChI is InChI=1S/C15H19NO3/c17-15(18-11-12-5-2-1-3-6-12)16-10-9-13-7-4-8-14(16)19-13/h1-3,5-6,13-14H,4,7-11H2/t13-,14+/m0/s1. The smallest absolute Gasteiger partial charge is 0.412 e. The van der Waals surface area contributed by atoms with Gasteiger partial charge in [-0.2, -0.15) is 0 Å². The molecule has 1 aromatic carbocycles. The molecule has 0 unspecified atom stereocenters. The maximum absolute atomic E-state index is 12.1. The molecule has 3 rings (SSSR count). The molecule has 0 saturated carbocycles. The van der Waals surface area contributed by atoms with E-state index < -0.39 is 0 Å². The molecule has 0 radical (unpaired) electrons. The Kier molecular flexibility index (Phi) is 3.69. The molecule has 1 aromatic rings. The van der Waals surface area contributed by atoms with Gasteiger partial charge in [0.05, 0.1) is 6.10 Å². The van der Waals surface area contributed by atoms with Crippen molar-refractivity contribution in [3.63, 3.8) is 0 Å². The highest BCUT2D eigenvalue weighted by molar-refractivity contribution is 5.68. The molecule has 0 N–H and O–H groups in total. The van der Waals surface area contributed by atoms with E-state index in [1.165, 1.54) is 0 Å². The fourth-order valence-electron chi connectivity index (χ4n) is 2.76. The zero-order valence-electron chi connectivity index (χ0n) is 11.0. The van der Waals surface area contributed by atoms with Crippen LogP contribution in [0.1, 0.15) is 31.2 Å². The summed E-state index contributed by atoms with van der Waals surface area (Å²) >= 11 is 0. The summed E-state index contributed by atoms with van der Waals surface area (Å²) in [5, 5.41) is 0. The minimum atomic E-state index is -0.255. The number of fused-ring (bicyclic) bond motifs is 2. The third-order valence-electron chi connectivity index (χ3n) is 3.81. The van der Waals surface area contributed by atoms with Gasteiger partial charge in [0.25, 0.3) is 0 Å². The molecular weight excluding hydrogens is 242 g/mol. The van der Waals surface area contributed by atoms with Gasteiger partial charge in [0.2, 0.25) is 0 Å². The number of rotatable bonds is 2. The Morgan fingerprint density at radius 3 is 2.95 bits per heavy atom. The maximum atomic E-state index is 12.1. The monoisotopic (exact) mass is 261 g/mol. The van der Waals surface area contributed by atoms with Crippen molar-refractivity contribution in [1.29, 1.82) is 0 Å². The number of carbonyl (C=O) groups excluding carboxylic acids is 1. The first-order valence-electron chi connectivity index (χ1n) is 6.96. The number of nitrogens with zero attached hydrogens (tertiary/aromatic N) is 1. The van der Waals surface area contributed by atoms with Crippen molar-refractivity contribution in [1.82, 2.24) is 4.90 Å². The second kappa shape index (κ2) is 5.61. The van der Waals surface area contributed by atoms with Crippen molar-refractivity contribution in [3.8, 4) is 0 Å². The minimum absolute atomic E-state index is 0.0734. The number of benzene rings is 1. The molecule has 2 heterocycles. The zero-order chi connectivity index (χ0) is 13.1. The van der Waals surface area contributed by atoms with E-state index in [2.05, 4.69) is 0 Å². The lowest BCUT2D eigenvalue weighted by Gasteiger charge is -2.42. The van der Waals surface area contributed by atoms with Gasteiger partial charge in [-0.25, -0.2) is 4.79 Å². The van der Waals surface area contributed by atoms with E-state index in [1.54, 1.807) is 4.90 Å². The van der Waals surface area contributed by atoms with E-state index in [-0.39, 0.29) is 12.3 Å². The van der Waals surface area contributed by atoms with Gasteiger partial charge in [0.15, 0.2) is 0 Å². The van der Waals surface area contributed by atoms with Gasteiger partial charge in [0.1, 0.15) is 12.8 Å². The van der Waals surface area contributed by atoms with Gasteiger partial charge < -0.3 is 9.47 Å². The number of hydrogen-bond donors (Lipinski definition) is 0. The third-order valence-corrected chi connectivity index (χ3v) is 3.81. The van der Waals surface area contributed by atoms with Crippen molar-refractivity contribution >= 4 is 6.09 Å². The van der Waals surface area contributed by atoms with Crippen molar-refractivity contribution < 1.29 is 14.3 Å². The summed E-state index contributed by atoms with van der Waals surface area (Å²) in [5.41, 5.74) is 1.01. The van der Waals surface area contributed by atoms with Gasteiger partial charge in [-0.3, -0.25) is 4.90 Å². The van der Waals surface area contributed by atoms with Crippen molar-refractivity contribution in [2.75, 3.05) is 6.54 Å². The summed E-state index contributed by atoms with van der Waals surface area (Å²) in [6, 6.07) is 9.75. The summed E-state index contributed by atoms with van der Waals surface area (Å²) < 4.78 is 11.2. The molecule has 2 atom stereocenters. The Hall–Kier alpha value is -1.55. The molecule has 2 aliphatic heterocycles. The first kappa shape index (κ1) is 12.5. The molecule has 1 amide bonds. The van der Waals surface area contributed by atoms with Crippen molar-refractivity contribution in [3.05, 3.63) is 35.9 Å². The normalized spacial score (nSPS) is 26.0. The first-order chi connectivity index (χ1) is 9.33. The Labute approximate surface area is 113 Å². The molecule has 19 heavy (non-hydrogen) atoms. The summed E-state index contributed by atoms with van der Waals surface area (Å²) in [6.07, 6.45) is 4.14. The quantitative estimate of drug-likeness (QED) is 0.821. The van der Waals surface area contributed by atoms with Gasteiger partial charge in [-0.05, 0) is 31.2 Å². The van der Waals surface area contributed by atoms with E-state index in [4.69, 9.17) is 9.47 Å². The molecule has 2 aliphatic rings. The molecule has 2 fully saturated rings. The molecule has 0 aliphatic carbocycles. The lowest BCUT2D eigenvalue weighted by atomic mass is 10.0. The Morgan fingerprint density at radius 2 is 2.11 bits per heavy atom. The third kappa shape index (κ3) is 2.89. The second-order valence-corrected chi connectivity index (χ2v) is 5.17. The average Bonchev–Trinajstić information content (AvgIpc) is 2.46. The highest BCUT2D eigenvalue weighted by atomic mass is 16.6. The van der Waals surface area contributed by atoms with Crippen LogP contribution in [0.3, 0.4) is 0 Å². The van der Waals surface area contributed by atoms with Crippen molar-refractivity contribution in [2.45, 2.75) is 44.6 Å². The van der Waals surface area contributed by atoms with Crippen LogP contribution < -0.4 is 0 Å². The van der Waals surface area contributed by atoms with Crippen LogP contribution in [0.5, 0.6) is 0 Å². The first-order valence-corrected chi connectivity index (χ1v) is 6.96. The van der Waals surface area contributed by atoms with E-state index in [9.17, 15) is 4.79 Å². The zero-order valence-corrected chi connectivity index (χ0v) is 11.0. The Morgan fingerprint density at radius 1 is 1.26 bits per heavy atom. The highest BCUT2D eigenvalue weighted by Crippen LogP contribution is 2.29. The number of hydrogen-bond acceptors (Lipinski definition) is 3. The van der Waals surface area contributed by atoms with Crippen LogP contribution in [-0.2, 0) is 16.1 Å². The van der Waals surface area contributed by atoms with Gasteiger partial charge in [-0.15, -0.1) is 0 Å². The fourth-order valence-corrected chi connectivity index (χ4v) is 2.76. The molecule has 0 aromatic heterocycles. The van der Waals surface area contributed by atoms with Crippen LogP contribution in [0, 0.1) is 0 Å². The molecule has 4 heteroatoms. The highest BCUT2D eigenvalue weighted by Gasteiger charge is 2.35. The lowest BCUT2D eigenvalue weighted by molar-refractivity contribution is -0.154. The summed E-state index contributed by atoms with van der Waals surface area (Å²) in [6.45, 7) is 1.08. The fraction of sp³-hybridized carbons (Fsp3) is 0.533. The van der Waals surface area contributed by atoms with E-state index in [1.807, 2.05) is 30.3 Å². The largest absolute Gasteiger partial charge is 0.444 e. The van der Waals surface area contributed by atoms with Gasteiger partial charge in [0, 0.05) is 6.54 Å². The van der Waals surface area contributed by atoms with Crippen molar-refractivity contribution in [2.24, 2.45) is 0 Å². The van der Waals surface area contributed by atoms with Crippen LogP contribution in [0.25, 0.3) is 0 Å². The van der Waals surface area contributed by atoms with Crippen LogP contribution in [0.2, 0.25) is 0 Å². The predicted octanol–water partition coefficient (Wildman–Crippen LogP) is 2.92. The number of ether oxygens (including phenoxy) is 2. The van der Waals surface area contributed by atoms with Crippen LogP contribution >= 0.6 is 0 Å². The summed E-state index contributed by atoms with van der Waals surface area (Å²) in [4.78, 5) is 13.8. The molecule has 4 nitrogen and oxygen atoms in total. The van der Waals surface area contributed by atoms with Crippen LogP contribution in [0.15, 0.2) is 30.3 Å². The molecule has 2 bridgehead atoms. The predicted molar refractivity (Wildman–Crippen MR) is 70.5 cm³/mol. The number of amides is 1. The number of likely N-dealkylation sites (tertiary alicyclic amines) is 1. The summed E-state index contributed by atoms with van der Waals surface area (Å²) in [5.74, 6) is 0.